The molecule has 0 radical (unpaired) electrons. The van der Waals surface area contributed by atoms with E-state index in [9.17, 15) is 4.79 Å². The van der Waals surface area contributed by atoms with E-state index >= 15 is 0 Å². The van der Waals surface area contributed by atoms with Crippen molar-refractivity contribution in [3.63, 3.8) is 0 Å². The fourth-order valence-corrected chi connectivity index (χ4v) is 3.71. The zero-order valence-corrected chi connectivity index (χ0v) is 17.9. The quantitative estimate of drug-likeness (QED) is 0.523. The van der Waals surface area contributed by atoms with E-state index in [0.29, 0.717) is 12.4 Å². The van der Waals surface area contributed by atoms with Gasteiger partial charge in [-0.05, 0) is 55.5 Å². The van der Waals surface area contributed by atoms with E-state index in [1.807, 2.05) is 54.1 Å². The molecule has 0 aliphatic carbocycles. The molecule has 0 N–H and O–H groups in total. The summed E-state index contributed by atoms with van der Waals surface area (Å²) in [5.41, 5.74) is 3.64. The molecule has 31 heavy (non-hydrogen) atoms. The number of benzene rings is 1. The Morgan fingerprint density at radius 3 is 2.90 bits per heavy atom. The summed E-state index contributed by atoms with van der Waals surface area (Å²) in [4.78, 5) is 16.3. The van der Waals surface area contributed by atoms with E-state index in [2.05, 4.69) is 10.1 Å². The Morgan fingerprint density at radius 2 is 2.16 bits per heavy atom. The second-order valence-corrected chi connectivity index (χ2v) is 7.64. The van der Waals surface area contributed by atoms with Crippen LogP contribution in [0, 0.1) is 0 Å². The SMILES string of the molecule is COC(=O)C(C)c1cccc(COc2ccc(-c3ccnn3C3CCCCO3)nc2)c1. The second-order valence-electron chi connectivity index (χ2n) is 7.64. The van der Waals surface area contributed by atoms with Gasteiger partial charge in [0.1, 0.15) is 12.4 Å². The molecule has 0 spiro atoms. The molecule has 0 saturated carbocycles. The Hall–Kier alpha value is -3.19. The lowest BCUT2D eigenvalue weighted by atomic mass is 9.99. The van der Waals surface area contributed by atoms with Gasteiger partial charge < -0.3 is 14.2 Å². The highest BCUT2D eigenvalue weighted by molar-refractivity contribution is 5.77. The molecule has 7 heteroatoms. The summed E-state index contributed by atoms with van der Waals surface area (Å²) in [6.07, 6.45) is 6.67. The summed E-state index contributed by atoms with van der Waals surface area (Å²) < 4.78 is 18.5. The standard InChI is InChI=1S/C24H27N3O4/c1-17(24(28)29-2)19-7-5-6-18(14-19)16-31-20-9-10-21(25-15-20)22-11-12-26-27(22)23-8-3-4-13-30-23/h5-7,9-12,14-15,17,23H,3-4,8,13,16H2,1-2H3. The molecule has 1 aliphatic heterocycles. The van der Waals surface area contributed by atoms with Crippen LogP contribution in [-0.2, 0) is 20.9 Å². The molecule has 1 fully saturated rings. The van der Waals surface area contributed by atoms with Crippen molar-refractivity contribution in [2.24, 2.45) is 0 Å². The predicted molar refractivity (Wildman–Crippen MR) is 116 cm³/mol. The third-order valence-corrected chi connectivity index (χ3v) is 5.51. The highest BCUT2D eigenvalue weighted by atomic mass is 16.5. The average molecular weight is 421 g/mol. The predicted octanol–water partition coefficient (Wildman–Crippen LogP) is 4.50. The van der Waals surface area contributed by atoms with Crippen LogP contribution in [0.3, 0.4) is 0 Å². The number of pyridine rings is 1. The third kappa shape index (κ3) is 4.94. The number of esters is 1. The van der Waals surface area contributed by atoms with Crippen LogP contribution in [0.5, 0.6) is 5.75 Å². The van der Waals surface area contributed by atoms with Crippen LogP contribution in [0.25, 0.3) is 11.4 Å². The Labute approximate surface area is 182 Å². The molecular weight excluding hydrogens is 394 g/mol. The van der Waals surface area contributed by atoms with E-state index in [4.69, 9.17) is 14.2 Å². The summed E-state index contributed by atoms with van der Waals surface area (Å²) >= 11 is 0. The number of nitrogens with zero attached hydrogens (tertiary/aromatic N) is 3. The first-order valence-corrected chi connectivity index (χ1v) is 10.6. The lowest BCUT2D eigenvalue weighted by Crippen LogP contribution is -2.20. The minimum absolute atomic E-state index is 0.0314. The number of ether oxygens (including phenoxy) is 3. The number of aromatic nitrogens is 3. The van der Waals surface area contributed by atoms with Crippen molar-refractivity contribution >= 4 is 5.97 Å². The fraction of sp³-hybridized carbons (Fsp3) is 0.375. The molecule has 7 nitrogen and oxygen atoms in total. The van der Waals surface area contributed by atoms with Crippen LogP contribution in [0.15, 0.2) is 54.9 Å². The highest BCUT2D eigenvalue weighted by Gasteiger charge is 2.20. The second kappa shape index (κ2) is 9.75. The van der Waals surface area contributed by atoms with Crippen LogP contribution in [0.2, 0.25) is 0 Å². The number of hydrogen-bond donors (Lipinski definition) is 0. The van der Waals surface area contributed by atoms with Crippen molar-refractivity contribution in [3.05, 3.63) is 66.0 Å². The van der Waals surface area contributed by atoms with Gasteiger partial charge >= 0.3 is 5.97 Å². The smallest absolute Gasteiger partial charge is 0.312 e. The minimum Gasteiger partial charge on any atom is -0.487 e. The molecule has 3 heterocycles. The Bertz CT molecular complexity index is 1010. The van der Waals surface area contributed by atoms with Crippen molar-refractivity contribution in [1.29, 1.82) is 0 Å². The Morgan fingerprint density at radius 1 is 1.26 bits per heavy atom. The Balaban J connectivity index is 1.41. The summed E-state index contributed by atoms with van der Waals surface area (Å²) in [5.74, 6) is 0.106. The summed E-state index contributed by atoms with van der Waals surface area (Å²) in [5, 5.41) is 4.44. The topological polar surface area (TPSA) is 75.5 Å². The molecule has 3 aromatic rings. The van der Waals surface area contributed by atoms with Gasteiger partial charge in [-0.1, -0.05) is 24.3 Å². The maximum Gasteiger partial charge on any atom is 0.312 e. The molecule has 1 saturated heterocycles. The van der Waals surface area contributed by atoms with Crippen molar-refractivity contribution in [2.45, 2.75) is 44.9 Å². The molecule has 2 unspecified atom stereocenters. The van der Waals surface area contributed by atoms with Gasteiger partial charge in [-0.3, -0.25) is 9.78 Å². The van der Waals surface area contributed by atoms with Crippen molar-refractivity contribution in [1.82, 2.24) is 14.8 Å². The molecule has 0 amide bonds. The van der Waals surface area contributed by atoms with Crippen molar-refractivity contribution in [2.75, 3.05) is 13.7 Å². The molecule has 0 bridgehead atoms. The first-order valence-electron chi connectivity index (χ1n) is 10.6. The first kappa shape index (κ1) is 21.1. The van der Waals surface area contributed by atoms with Crippen LogP contribution in [-0.4, -0.2) is 34.5 Å². The van der Waals surface area contributed by atoms with Crippen LogP contribution < -0.4 is 4.74 Å². The number of carbonyl (C=O) groups is 1. The molecule has 1 aliphatic rings. The maximum absolute atomic E-state index is 11.8. The normalized spacial score (nSPS) is 17.2. The minimum atomic E-state index is -0.316. The van der Waals surface area contributed by atoms with Crippen molar-refractivity contribution in [3.8, 4) is 17.1 Å². The van der Waals surface area contributed by atoms with Gasteiger partial charge in [-0.25, -0.2) is 4.68 Å². The number of methoxy groups -OCH3 is 1. The molecule has 2 aromatic heterocycles. The molecule has 1 aromatic carbocycles. The lowest BCUT2D eigenvalue weighted by Gasteiger charge is -2.24. The lowest BCUT2D eigenvalue weighted by molar-refractivity contribution is -0.141. The van der Waals surface area contributed by atoms with Crippen LogP contribution in [0.4, 0.5) is 0 Å². The van der Waals surface area contributed by atoms with Gasteiger partial charge in [-0.2, -0.15) is 5.10 Å². The molecule has 162 valence electrons. The largest absolute Gasteiger partial charge is 0.487 e. The van der Waals surface area contributed by atoms with E-state index < -0.39 is 0 Å². The number of hydrogen-bond acceptors (Lipinski definition) is 6. The number of carbonyl (C=O) groups excluding carboxylic acids is 1. The van der Waals surface area contributed by atoms with E-state index in [1.165, 1.54) is 7.11 Å². The van der Waals surface area contributed by atoms with Crippen LogP contribution in [0.1, 0.15) is 49.5 Å². The Kier molecular flexibility index (Phi) is 6.62. The fourth-order valence-electron chi connectivity index (χ4n) is 3.71. The summed E-state index contributed by atoms with van der Waals surface area (Å²) in [7, 11) is 1.40. The molecule has 4 rings (SSSR count). The molecular formula is C24H27N3O4. The van der Waals surface area contributed by atoms with Crippen LogP contribution >= 0.6 is 0 Å². The number of rotatable bonds is 7. The highest BCUT2D eigenvalue weighted by Crippen LogP contribution is 2.28. The summed E-state index contributed by atoms with van der Waals surface area (Å²) in [6, 6.07) is 13.6. The monoisotopic (exact) mass is 421 g/mol. The first-order chi connectivity index (χ1) is 15.2. The van der Waals surface area contributed by atoms with E-state index in [-0.39, 0.29) is 18.1 Å². The van der Waals surface area contributed by atoms with Gasteiger partial charge in [0.2, 0.25) is 0 Å². The maximum atomic E-state index is 11.8. The van der Waals surface area contributed by atoms with Gasteiger partial charge in [-0.15, -0.1) is 0 Å². The van der Waals surface area contributed by atoms with Gasteiger partial charge in [0.25, 0.3) is 0 Å². The third-order valence-electron chi connectivity index (χ3n) is 5.51. The summed E-state index contributed by atoms with van der Waals surface area (Å²) in [6.45, 7) is 2.98. The zero-order chi connectivity index (χ0) is 21.6. The molecule has 2 atom stereocenters. The van der Waals surface area contributed by atoms with E-state index in [1.54, 1.807) is 12.4 Å². The van der Waals surface area contributed by atoms with Gasteiger partial charge in [0.15, 0.2) is 6.23 Å². The van der Waals surface area contributed by atoms with E-state index in [0.717, 1.165) is 48.4 Å². The van der Waals surface area contributed by atoms with Gasteiger partial charge in [0, 0.05) is 12.8 Å². The average Bonchev–Trinajstić information content (AvgIpc) is 3.33. The van der Waals surface area contributed by atoms with Crippen molar-refractivity contribution < 1.29 is 19.0 Å². The van der Waals surface area contributed by atoms with Gasteiger partial charge in [0.05, 0.1) is 30.6 Å². The zero-order valence-electron chi connectivity index (χ0n) is 17.9.